The lowest BCUT2D eigenvalue weighted by Crippen LogP contribution is -2.39. The number of hydrogen-bond donors (Lipinski definition) is 1. The summed E-state index contributed by atoms with van der Waals surface area (Å²) in [6.07, 6.45) is 5.97. The van der Waals surface area contributed by atoms with Gasteiger partial charge in [0.2, 0.25) is 0 Å². The molecule has 1 aliphatic heterocycles. The first-order valence-corrected chi connectivity index (χ1v) is 6.86. The van der Waals surface area contributed by atoms with E-state index in [1.165, 1.54) is 17.3 Å². The van der Waals surface area contributed by atoms with E-state index in [4.69, 9.17) is 0 Å². The summed E-state index contributed by atoms with van der Waals surface area (Å²) in [6, 6.07) is -0.0504. The molecule has 0 radical (unpaired) electrons. The van der Waals surface area contributed by atoms with Crippen LogP contribution in [0.3, 0.4) is 0 Å². The maximum absolute atomic E-state index is 12.6. The minimum absolute atomic E-state index is 0.0504. The second-order valence-corrected chi connectivity index (χ2v) is 4.80. The van der Waals surface area contributed by atoms with Gasteiger partial charge in [-0.25, -0.2) is 4.98 Å². The Balaban J connectivity index is 1.84. The molecule has 1 N–H and O–H groups in total. The van der Waals surface area contributed by atoms with E-state index in [1.54, 1.807) is 0 Å². The van der Waals surface area contributed by atoms with Crippen LogP contribution in [-0.4, -0.2) is 47.5 Å². The molecule has 1 saturated heterocycles. The first kappa shape index (κ1) is 12.8. The van der Waals surface area contributed by atoms with Crippen LogP contribution in [0, 0.1) is 0 Å². The van der Waals surface area contributed by atoms with Gasteiger partial charge in [0.25, 0.3) is 5.91 Å². The molecule has 8 heteroatoms. The number of aromatic nitrogens is 6. The van der Waals surface area contributed by atoms with E-state index >= 15 is 0 Å². The molecule has 8 nitrogen and oxygen atoms in total. The van der Waals surface area contributed by atoms with Crippen LogP contribution in [0.5, 0.6) is 0 Å². The molecule has 1 amide bonds. The van der Waals surface area contributed by atoms with Crippen LogP contribution in [0.2, 0.25) is 0 Å². The van der Waals surface area contributed by atoms with Crippen molar-refractivity contribution >= 4 is 5.91 Å². The number of nitrogens with one attached hydrogen (secondary N) is 1. The summed E-state index contributed by atoms with van der Waals surface area (Å²) in [4.78, 5) is 20.1. The zero-order chi connectivity index (χ0) is 13.9. The number of piperidine rings is 1. The van der Waals surface area contributed by atoms with Crippen molar-refractivity contribution in [3.63, 3.8) is 0 Å². The van der Waals surface area contributed by atoms with Crippen molar-refractivity contribution in [2.75, 3.05) is 6.54 Å². The summed E-state index contributed by atoms with van der Waals surface area (Å²) in [5, 5.41) is 15.0. The van der Waals surface area contributed by atoms with Crippen molar-refractivity contribution < 1.29 is 4.79 Å². The van der Waals surface area contributed by atoms with E-state index in [0.29, 0.717) is 18.8 Å². The average molecular weight is 275 g/mol. The van der Waals surface area contributed by atoms with E-state index in [9.17, 15) is 4.79 Å². The highest BCUT2D eigenvalue weighted by molar-refractivity contribution is 5.92. The highest BCUT2D eigenvalue weighted by Gasteiger charge is 2.31. The van der Waals surface area contributed by atoms with Crippen LogP contribution in [0.15, 0.2) is 12.5 Å². The van der Waals surface area contributed by atoms with E-state index in [-0.39, 0.29) is 11.9 Å². The molecule has 3 rings (SSSR count). The van der Waals surface area contributed by atoms with Crippen LogP contribution in [-0.2, 0) is 6.54 Å². The van der Waals surface area contributed by atoms with Gasteiger partial charge in [-0.05, 0) is 26.2 Å². The minimum atomic E-state index is -0.0919. The Kier molecular flexibility index (Phi) is 3.44. The van der Waals surface area contributed by atoms with Crippen molar-refractivity contribution in [1.29, 1.82) is 0 Å². The number of hydrogen-bond acceptors (Lipinski definition) is 5. The lowest BCUT2D eigenvalue weighted by atomic mass is 10.0. The van der Waals surface area contributed by atoms with Crippen LogP contribution in [0.25, 0.3) is 0 Å². The number of nitrogens with zero attached hydrogens (tertiary/aromatic N) is 6. The molecule has 1 aliphatic rings. The van der Waals surface area contributed by atoms with Crippen LogP contribution in [0.4, 0.5) is 0 Å². The normalized spacial score (nSPS) is 19.2. The molecule has 0 saturated carbocycles. The smallest absolute Gasteiger partial charge is 0.276 e. The topological polar surface area (TPSA) is 92.6 Å². The highest BCUT2D eigenvalue weighted by atomic mass is 16.2. The van der Waals surface area contributed by atoms with E-state index in [0.717, 1.165) is 25.1 Å². The Bertz CT molecular complexity index is 576. The number of likely N-dealkylation sites (tertiary alicyclic amines) is 1. The zero-order valence-electron chi connectivity index (χ0n) is 11.4. The third kappa shape index (κ3) is 2.28. The summed E-state index contributed by atoms with van der Waals surface area (Å²) in [5.41, 5.74) is 0.387. The van der Waals surface area contributed by atoms with Crippen molar-refractivity contribution in [2.45, 2.75) is 38.8 Å². The number of amides is 1. The summed E-state index contributed by atoms with van der Waals surface area (Å²) >= 11 is 0. The first-order valence-electron chi connectivity index (χ1n) is 6.86. The molecule has 0 bridgehead atoms. The van der Waals surface area contributed by atoms with E-state index < -0.39 is 0 Å². The van der Waals surface area contributed by atoms with Gasteiger partial charge in [0, 0.05) is 6.54 Å². The quantitative estimate of drug-likeness (QED) is 0.893. The van der Waals surface area contributed by atoms with Crippen molar-refractivity contribution in [3.8, 4) is 0 Å². The number of H-pyrrole nitrogens is 1. The van der Waals surface area contributed by atoms with Gasteiger partial charge in [-0.1, -0.05) is 0 Å². The van der Waals surface area contributed by atoms with Gasteiger partial charge < -0.3 is 4.90 Å². The number of aryl methyl sites for hydroxylation is 1. The maximum atomic E-state index is 12.6. The Morgan fingerprint density at radius 1 is 1.50 bits per heavy atom. The van der Waals surface area contributed by atoms with Gasteiger partial charge >= 0.3 is 0 Å². The van der Waals surface area contributed by atoms with Gasteiger partial charge in [0.1, 0.15) is 12.2 Å². The third-order valence-corrected chi connectivity index (χ3v) is 3.55. The van der Waals surface area contributed by atoms with Gasteiger partial charge in [-0.15, -0.1) is 5.10 Å². The zero-order valence-corrected chi connectivity index (χ0v) is 11.4. The molecule has 1 atom stereocenters. The summed E-state index contributed by atoms with van der Waals surface area (Å²) in [5.74, 6) is 0.645. The van der Waals surface area contributed by atoms with Crippen LogP contribution >= 0.6 is 0 Å². The molecule has 1 fully saturated rings. The number of carbonyl (C=O) groups is 1. The second kappa shape index (κ2) is 5.40. The van der Waals surface area contributed by atoms with E-state index in [2.05, 4.69) is 25.4 Å². The van der Waals surface area contributed by atoms with Gasteiger partial charge in [-0.3, -0.25) is 9.89 Å². The summed E-state index contributed by atoms with van der Waals surface area (Å²) in [7, 11) is 0. The maximum Gasteiger partial charge on any atom is 0.276 e. The molecule has 1 unspecified atom stereocenters. The number of aromatic amines is 1. The largest absolute Gasteiger partial charge is 0.327 e. The molecule has 3 heterocycles. The van der Waals surface area contributed by atoms with Crippen molar-refractivity contribution in [3.05, 3.63) is 24.0 Å². The molecular weight excluding hydrogens is 258 g/mol. The summed E-state index contributed by atoms with van der Waals surface area (Å²) < 4.78 is 0. The molecule has 106 valence electrons. The molecule has 0 spiro atoms. The van der Waals surface area contributed by atoms with E-state index in [1.807, 2.05) is 11.8 Å². The number of carbonyl (C=O) groups excluding carboxylic acids is 1. The third-order valence-electron chi connectivity index (χ3n) is 3.55. The average Bonchev–Trinajstić information content (AvgIpc) is 3.17. The van der Waals surface area contributed by atoms with Crippen molar-refractivity contribution in [1.82, 2.24) is 35.1 Å². The predicted molar refractivity (Wildman–Crippen MR) is 69.7 cm³/mol. The second-order valence-electron chi connectivity index (χ2n) is 4.80. The van der Waals surface area contributed by atoms with Crippen LogP contribution in [0.1, 0.15) is 48.5 Å². The lowest BCUT2D eigenvalue weighted by Gasteiger charge is -2.33. The molecule has 0 aliphatic carbocycles. The fourth-order valence-corrected chi connectivity index (χ4v) is 2.53. The Morgan fingerprint density at radius 3 is 3.10 bits per heavy atom. The SMILES string of the molecule is CCn1ncc(C(=O)N2CCCCC2c2ncn[nH]2)n1. The fraction of sp³-hybridized carbons (Fsp3) is 0.583. The van der Waals surface area contributed by atoms with Gasteiger partial charge in [-0.2, -0.15) is 15.0 Å². The number of rotatable bonds is 3. The monoisotopic (exact) mass is 275 g/mol. The lowest BCUT2D eigenvalue weighted by molar-refractivity contribution is 0.0593. The molecule has 2 aromatic heterocycles. The molecule has 20 heavy (non-hydrogen) atoms. The Labute approximate surface area is 116 Å². The molecular formula is C12H17N7O. The van der Waals surface area contributed by atoms with Gasteiger partial charge in [0.15, 0.2) is 5.69 Å². The van der Waals surface area contributed by atoms with Gasteiger partial charge in [0.05, 0.1) is 18.8 Å². The Hall–Kier alpha value is -2.25. The van der Waals surface area contributed by atoms with Crippen molar-refractivity contribution in [2.24, 2.45) is 0 Å². The molecule has 0 aromatic carbocycles. The predicted octanol–water partition coefficient (Wildman–Crippen LogP) is 0.783. The van der Waals surface area contributed by atoms with Crippen LogP contribution < -0.4 is 0 Å². The standard InChI is InChI=1S/C12H17N7O/c1-2-19-15-7-9(17-19)12(20)18-6-4-3-5-10(18)11-13-8-14-16-11/h7-8,10H,2-6H2,1H3,(H,13,14,16). The first-order chi connectivity index (χ1) is 9.79. The highest BCUT2D eigenvalue weighted by Crippen LogP contribution is 2.29. The summed E-state index contributed by atoms with van der Waals surface area (Å²) in [6.45, 7) is 3.30. The minimum Gasteiger partial charge on any atom is -0.327 e. The molecule has 2 aromatic rings. The Morgan fingerprint density at radius 2 is 2.40 bits per heavy atom. The fourth-order valence-electron chi connectivity index (χ4n) is 2.53.